The van der Waals surface area contributed by atoms with Crippen molar-refractivity contribution in [2.24, 2.45) is 0 Å². The van der Waals surface area contributed by atoms with Crippen LogP contribution in [0, 0.1) is 13.8 Å². The van der Waals surface area contributed by atoms with Gasteiger partial charge in [0.1, 0.15) is 5.82 Å². The van der Waals surface area contributed by atoms with Gasteiger partial charge in [-0.25, -0.2) is 13.4 Å². The van der Waals surface area contributed by atoms with E-state index in [1.54, 1.807) is 23.6 Å². The van der Waals surface area contributed by atoms with E-state index in [0.29, 0.717) is 5.56 Å². The van der Waals surface area contributed by atoms with Gasteiger partial charge in [-0.3, -0.25) is 0 Å². The molecule has 1 fully saturated rings. The van der Waals surface area contributed by atoms with Gasteiger partial charge in [-0.15, -0.1) is 5.10 Å². The third-order valence-electron chi connectivity index (χ3n) is 5.73. The number of aromatic nitrogens is 4. The molecule has 0 amide bonds. The number of piperidine rings is 1. The molecule has 0 spiro atoms. The number of rotatable bonds is 3. The predicted molar refractivity (Wildman–Crippen MR) is 116 cm³/mol. The van der Waals surface area contributed by atoms with Gasteiger partial charge in [-0.2, -0.15) is 4.52 Å². The van der Waals surface area contributed by atoms with E-state index in [1.807, 2.05) is 37.3 Å². The average molecular weight is 422 g/mol. The minimum Gasteiger partial charge on any atom is -0.356 e. The molecule has 7 nitrogen and oxygen atoms in total. The van der Waals surface area contributed by atoms with Crippen LogP contribution >= 0.6 is 0 Å². The molecule has 1 saturated heterocycles. The number of aryl methyl sites for hydroxylation is 2. The lowest BCUT2D eigenvalue weighted by molar-refractivity contribution is 0.575. The van der Waals surface area contributed by atoms with Crippen molar-refractivity contribution in [1.82, 2.24) is 19.8 Å². The van der Waals surface area contributed by atoms with Crippen LogP contribution in [0.4, 0.5) is 5.82 Å². The lowest BCUT2D eigenvalue weighted by Gasteiger charge is -2.28. The van der Waals surface area contributed by atoms with Crippen LogP contribution in [-0.4, -0.2) is 41.3 Å². The Morgan fingerprint density at radius 1 is 0.967 bits per heavy atom. The lowest BCUT2D eigenvalue weighted by Crippen LogP contribution is -2.30. The number of sulfone groups is 1. The van der Waals surface area contributed by atoms with Crippen LogP contribution in [0.3, 0.4) is 0 Å². The van der Waals surface area contributed by atoms with Gasteiger partial charge in [0.25, 0.3) is 0 Å². The third kappa shape index (κ3) is 2.94. The van der Waals surface area contributed by atoms with E-state index in [-0.39, 0.29) is 15.6 Å². The number of anilines is 1. The maximum Gasteiger partial charge on any atom is 0.229 e. The molecule has 0 radical (unpaired) electrons. The molecule has 2 aromatic carbocycles. The van der Waals surface area contributed by atoms with Crippen molar-refractivity contribution < 1.29 is 8.42 Å². The summed E-state index contributed by atoms with van der Waals surface area (Å²) in [6.45, 7) is 5.56. The van der Waals surface area contributed by atoms with Crippen molar-refractivity contribution in [2.75, 3.05) is 18.0 Å². The minimum absolute atomic E-state index is 0.0986. The first-order valence-corrected chi connectivity index (χ1v) is 11.7. The van der Waals surface area contributed by atoms with Crippen molar-refractivity contribution in [3.63, 3.8) is 0 Å². The summed E-state index contributed by atoms with van der Waals surface area (Å²) in [6.07, 6.45) is 3.41. The summed E-state index contributed by atoms with van der Waals surface area (Å²) in [5.41, 5.74) is 2.77. The summed E-state index contributed by atoms with van der Waals surface area (Å²) in [4.78, 5) is 7.29. The highest BCUT2D eigenvalue weighted by atomic mass is 32.2. The van der Waals surface area contributed by atoms with Crippen molar-refractivity contribution >= 4 is 32.2 Å². The molecular formula is C22H23N5O2S. The number of nitrogens with zero attached hydrogens (tertiary/aromatic N) is 5. The van der Waals surface area contributed by atoms with E-state index in [0.717, 1.165) is 48.2 Å². The molecule has 8 heteroatoms. The Hall–Kier alpha value is -3.00. The molecule has 0 N–H and O–H groups in total. The Morgan fingerprint density at radius 2 is 1.73 bits per heavy atom. The summed E-state index contributed by atoms with van der Waals surface area (Å²) in [5.74, 6) is 0.803. The summed E-state index contributed by atoms with van der Waals surface area (Å²) in [6, 6.07) is 13.1. The standard InChI is InChI=1S/C22H23N5O2S/c1-15-10-11-19(16(2)14-15)30(28,29)22-21-23-20(26-12-6-3-7-13-26)17-8-4-5-9-18(17)27(21)25-24-22/h4-5,8-11,14H,3,6-7,12-13H2,1-2H3. The first-order valence-electron chi connectivity index (χ1n) is 10.2. The Labute approximate surface area is 175 Å². The first-order chi connectivity index (χ1) is 14.5. The van der Waals surface area contributed by atoms with Crippen molar-refractivity contribution in [3.8, 4) is 0 Å². The van der Waals surface area contributed by atoms with Crippen LogP contribution < -0.4 is 4.90 Å². The molecule has 0 saturated carbocycles. The molecule has 1 aliphatic heterocycles. The number of fused-ring (bicyclic) bond motifs is 3. The second kappa shape index (κ2) is 7.05. The molecule has 1 aliphatic rings. The first kappa shape index (κ1) is 19.0. The van der Waals surface area contributed by atoms with E-state index >= 15 is 0 Å². The van der Waals surface area contributed by atoms with E-state index < -0.39 is 9.84 Å². The number of hydrogen-bond acceptors (Lipinski definition) is 6. The minimum atomic E-state index is -3.86. The summed E-state index contributed by atoms with van der Waals surface area (Å²) in [7, 11) is -3.86. The van der Waals surface area contributed by atoms with Gasteiger partial charge in [-0.05, 0) is 56.9 Å². The van der Waals surface area contributed by atoms with Crippen LogP contribution in [0.5, 0.6) is 0 Å². The fraction of sp³-hybridized carbons (Fsp3) is 0.318. The third-order valence-corrected chi connectivity index (χ3v) is 7.54. The van der Waals surface area contributed by atoms with Crippen LogP contribution in [-0.2, 0) is 9.84 Å². The smallest absolute Gasteiger partial charge is 0.229 e. The SMILES string of the molecule is Cc1ccc(S(=O)(=O)c2nnn3c2nc(N2CCCCC2)c2ccccc23)c(C)c1. The van der Waals surface area contributed by atoms with Gasteiger partial charge in [0.05, 0.1) is 10.4 Å². The molecule has 3 heterocycles. The van der Waals surface area contributed by atoms with Gasteiger partial charge in [0, 0.05) is 18.5 Å². The summed E-state index contributed by atoms with van der Waals surface area (Å²) >= 11 is 0. The predicted octanol–water partition coefficient (Wildman–Crippen LogP) is 3.72. The van der Waals surface area contributed by atoms with E-state index in [4.69, 9.17) is 4.98 Å². The van der Waals surface area contributed by atoms with Gasteiger partial charge >= 0.3 is 0 Å². The molecule has 0 atom stereocenters. The Kier molecular flexibility index (Phi) is 4.47. The Morgan fingerprint density at radius 3 is 2.50 bits per heavy atom. The zero-order valence-electron chi connectivity index (χ0n) is 17.0. The quantitative estimate of drug-likeness (QED) is 0.502. The monoisotopic (exact) mass is 421 g/mol. The van der Waals surface area contributed by atoms with E-state index in [9.17, 15) is 8.42 Å². The number of hydrogen-bond donors (Lipinski definition) is 0. The molecule has 2 aromatic heterocycles. The number of benzene rings is 2. The van der Waals surface area contributed by atoms with Crippen molar-refractivity contribution in [2.45, 2.75) is 43.0 Å². The van der Waals surface area contributed by atoms with Crippen molar-refractivity contribution in [3.05, 3.63) is 53.6 Å². The molecule has 30 heavy (non-hydrogen) atoms. The normalized spacial score (nSPS) is 15.2. The topological polar surface area (TPSA) is 80.5 Å². The molecule has 0 aliphatic carbocycles. The fourth-order valence-electron chi connectivity index (χ4n) is 4.25. The zero-order chi connectivity index (χ0) is 20.9. The maximum absolute atomic E-state index is 13.5. The van der Waals surface area contributed by atoms with Crippen LogP contribution in [0.25, 0.3) is 16.6 Å². The number of para-hydroxylation sites is 1. The molecule has 4 aromatic rings. The Balaban J connectivity index is 1.77. The molecule has 154 valence electrons. The highest BCUT2D eigenvalue weighted by Crippen LogP contribution is 2.31. The summed E-state index contributed by atoms with van der Waals surface area (Å²) in [5, 5.41) is 9.12. The fourth-order valence-corrected chi connectivity index (χ4v) is 5.71. The second-order valence-electron chi connectivity index (χ2n) is 7.90. The lowest BCUT2D eigenvalue weighted by atomic mass is 10.1. The van der Waals surface area contributed by atoms with Crippen molar-refractivity contribution in [1.29, 1.82) is 0 Å². The second-order valence-corrected chi connectivity index (χ2v) is 9.74. The summed E-state index contributed by atoms with van der Waals surface area (Å²) < 4.78 is 28.5. The largest absolute Gasteiger partial charge is 0.356 e. The highest BCUT2D eigenvalue weighted by molar-refractivity contribution is 7.91. The Bertz CT molecular complexity index is 1370. The van der Waals surface area contributed by atoms with Crippen LogP contribution in [0.2, 0.25) is 0 Å². The average Bonchev–Trinajstić information content (AvgIpc) is 3.19. The van der Waals surface area contributed by atoms with E-state index in [2.05, 4.69) is 15.2 Å². The van der Waals surface area contributed by atoms with Gasteiger partial charge < -0.3 is 4.90 Å². The molecule has 0 bridgehead atoms. The van der Waals surface area contributed by atoms with Crippen LogP contribution in [0.15, 0.2) is 52.4 Å². The molecule has 0 unspecified atom stereocenters. The van der Waals surface area contributed by atoms with Gasteiger partial charge in [-0.1, -0.05) is 35.0 Å². The molecular weight excluding hydrogens is 398 g/mol. The van der Waals surface area contributed by atoms with Gasteiger partial charge in [0.2, 0.25) is 14.9 Å². The zero-order valence-corrected chi connectivity index (χ0v) is 17.9. The van der Waals surface area contributed by atoms with E-state index in [1.165, 1.54) is 6.42 Å². The highest BCUT2D eigenvalue weighted by Gasteiger charge is 2.29. The van der Waals surface area contributed by atoms with Gasteiger partial charge in [0.15, 0.2) is 5.65 Å². The maximum atomic E-state index is 13.5. The molecule has 5 rings (SSSR count). The van der Waals surface area contributed by atoms with Crippen LogP contribution in [0.1, 0.15) is 30.4 Å².